The monoisotopic (exact) mass is 172 g/mol. The molecule has 1 saturated heterocycles. The molecule has 1 aliphatic carbocycles. The van der Waals surface area contributed by atoms with Crippen LogP contribution in [0.1, 0.15) is 25.7 Å². The van der Waals surface area contributed by atoms with E-state index < -0.39 is 0 Å². The van der Waals surface area contributed by atoms with Crippen molar-refractivity contribution in [2.45, 2.75) is 31.7 Å². The van der Waals surface area contributed by atoms with E-state index in [-0.39, 0.29) is 0 Å². The minimum atomic E-state index is 0.488. The Balaban J connectivity index is 1.93. The van der Waals surface area contributed by atoms with Gasteiger partial charge in [-0.05, 0) is 24.7 Å². The van der Waals surface area contributed by atoms with Crippen molar-refractivity contribution >= 4 is 9.39 Å². The van der Waals surface area contributed by atoms with Crippen molar-refractivity contribution in [1.29, 1.82) is 0 Å². The molecule has 0 aromatic carbocycles. The Kier molecular flexibility index (Phi) is 1.95. The predicted molar refractivity (Wildman–Crippen MR) is 50.2 cm³/mol. The Morgan fingerprint density at radius 3 is 2.73 bits per heavy atom. The molecule has 0 radical (unpaired) electrons. The van der Waals surface area contributed by atoms with E-state index in [9.17, 15) is 0 Å². The van der Waals surface area contributed by atoms with Gasteiger partial charge in [0.2, 0.25) is 0 Å². The Labute approximate surface area is 70.8 Å². The van der Waals surface area contributed by atoms with E-state index in [1.54, 1.807) is 0 Å². The quantitative estimate of drug-likeness (QED) is 0.552. The van der Waals surface area contributed by atoms with Crippen molar-refractivity contribution < 1.29 is 0 Å². The van der Waals surface area contributed by atoms with Crippen molar-refractivity contribution in [2.75, 3.05) is 13.1 Å². The van der Waals surface area contributed by atoms with Gasteiger partial charge in [0, 0.05) is 19.1 Å². The van der Waals surface area contributed by atoms with Gasteiger partial charge in [-0.25, -0.2) is 0 Å². The van der Waals surface area contributed by atoms with Gasteiger partial charge in [-0.2, -0.15) is 0 Å². The highest BCUT2D eigenvalue weighted by Gasteiger charge is 2.43. The lowest BCUT2D eigenvalue weighted by Crippen LogP contribution is -2.55. The summed E-state index contributed by atoms with van der Waals surface area (Å²) in [6.45, 7) is 2.51. The van der Waals surface area contributed by atoms with Gasteiger partial charge >= 0.3 is 0 Å². The number of nitrogens with two attached hydrogens (primary N) is 1. The van der Waals surface area contributed by atoms with Crippen molar-refractivity contribution in [3.05, 3.63) is 0 Å². The second kappa shape index (κ2) is 2.69. The summed E-state index contributed by atoms with van der Waals surface area (Å²) in [7, 11) is 2.77. The van der Waals surface area contributed by atoms with Crippen molar-refractivity contribution in [2.24, 2.45) is 11.1 Å². The van der Waals surface area contributed by atoms with Crippen LogP contribution in [0.4, 0.5) is 0 Å². The highest BCUT2D eigenvalue weighted by molar-refractivity contribution is 7.13. The largest absolute Gasteiger partial charge is 0.328 e. The molecule has 64 valence electrons. The number of hydrogen-bond donors (Lipinski definition) is 1. The minimum absolute atomic E-state index is 0.488. The summed E-state index contributed by atoms with van der Waals surface area (Å²) < 4.78 is 2.32. The molecule has 2 nitrogen and oxygen atoms in total. The number of nitrogens with zero attached hydrogens (tertiary/aromatic N) is 1. The first-order chi connectivity index (χ1) is 5.20. The van der Waals surface area contributed by atoms with Crippen molar-refractivity contribution in [1.82, 2.24) is 4.67 Å². The van der Waals surface area contributed by atoms with Crippen LogP contribution in [0.15, 0.2) is 0 Å². The fourth-order valence-corrected chi connectivity index (χ4v) is 3.38. The van der Waals surface area contributed by atoms with Crippen LogP contribution in [0.3, 0.4) is 0 Å². The molecule has 3 heteroatoms. The highest BCUT2D eigenvalue weighted by atomic mass is 31.0. The lowest BCUT2D eigenvalue weighted by atomic mass is 9.68. The molecular formula is C8H17N2P. The molecule has 2 N–H and O–H groups in total. The zero-order valence-electron chi connectivity index (χ0n) is 6.92. The molecule has 1 aliphatic heterocycles. The summed E-state index contributed by atoms with van der Waals surface area (Å²) in [4.78, 5) is 0. The lowest BCUT2D eigenvalue weighted by molar-refractivity contribution is 0.0296. The summed E-state index contributed by atoms with van der Waals surface area (Å²) in [6.07, 6.45) is 5.27. The molecular weight excluding hydrogens is 155 g/mol. The zero-order chi connectivity index (χ0) is 7.90. The van der Waals surface area contributed by atoms with Gasteiger partial charge < -0.3 is 5.73 Å². The molecule has 2 aliphatic rings. The number of rotatable bonds is 0. The van der Waals surface area contributed by atoms with Crippen LogP contribution in [0, 0.1) is 5.41 Å². The second-order valence-electron chi connectivity index (χ2n) is 4.26. The van der Waals surface area contributed by atoms with E-state index in [0.717, 1.165) is 0 Å². The third-order valence-corrected chi connectivity index (χ3v) is 3.42. The first-order valence-corrected chi connectivity index (χ1v) is 4.97. The first-order valence-electron chi connectivity index (χ1n) is 4.45. The Morgan fingerprint density at radius 1 is 1.45 bits per heavy atom. The van der Waals surface area contributed by atoms with Crippen molar-refractivity contribution in [3.63, 3.8) is 0 Å². The van der Waals surface area contributed by atoms with Crippen LogP contribution < -0.4 is 5.73 Å². The molecule has 2 rings (SSSR count). The van der Waals surface area contributed by atoms with Crippen LogP contribution in [0.5, 0.6) is 0 Å². The maximum Gasteiger partial charge on any atom is 0.00860 e. The van der Waals surface area contributed by atoms with Crippen LogP contribution >= 0.6 is 9.39 Å². The summed E-state index contributed by atoms with van der Waals surface area (Å²) in [6, 6.07) is 0.488. The Bertz CT molecular complexity index is 149. The maximum absolute atomic E-state index is 5.94. The van der Waals surface area contributed by atoms with Crippen LogP contribution in [0.25, 0.3) is 0 Å². The Morgan fingerprint density at radius 2 is 2.18 bits per heavy atom. The summed E-state index contributed by atoms with van der Waals surface area (Å²) in [5, 5.41) is 0. The van der Waals surface area contributed by atoms with Crippen LogP contribution in [-0.2, 0) is 0 Å². The molecule has 1 heterocycles. The van der Waals surface area contributed by atoms with E-state index >= 15 is 0 Å². The van der Waals surface area contributed by atoms with Gasteiger partial charge in [0.05, 0.1) is 0 Å². The van der Waals surface area contributed by atoms with Gasteiger partial charge in [0.15, 0.2) is 0 Å². The second-order valence-corrected chi connectivity index (χ2v) is 4.99. The van der Waals surface area contributed by atoms with Gasteiger partial charge in [-0.3, -0.25) is 4.67 Å². The average molecular weight is 172 g/mol. The van der Waals surface area contributed by atoms with Gasteiger partial charge in [-0.1, -0.05) is 15.8 Å². The van der Waals surface area contributed by atoms with Crippen LogP contribution in [-0.4, -0.2) is 23.8 Å². The normalized spacial score (nSPS) is 37.1. The average Bonchev–Trinajstić information content (AvgIpc) is 1.84. The van der Waals surface area contributed by atoms with E-state index in [1.807, 2.05) is 0 Å². The molecule has 0 amide bonds. The summed E-state index contributed by atoms with van der Waals surface area (Å²) in [5.41, 5.74) is 6.56. The minimum Gasteiger partial charge on any atom is -0.328 e. The molecule has 0 aromatic heterocycles. The fourth-order valence-electron chi connectivity index (χ4n) is 2.60. The molecule has 2 unspecified atom stereocenters. The molecule has 0 bridgehead atoms. The third kappa shape index (κ3) is 1.44. The molecule has 11 heavy (non-hydrogen) atoms. The summed E-state index contributed by atoms with van der Waals surface area (Å²) >= 11 is 0. The van der Waals surface area contributed by atoms with Crippen LogP contribution in [0.2, 0.25) is 0 Å². The fraction of sp³-hybridized carbons (Fsp3) is 1.00. The van der Waals surface area contributed by atoms with Gasteiger partial charge in [0.25, 0.3) is 0 Å². The Hall–Kier alpha value is 0.350. The van der Waals surface area contributed by atoms with E-state index in [0.29, 0.717) is 11.5 Å². The van der Waals surface area contributed by atoms with Gasteiger partial charge in [-0.15, -0.1) is 0 Å². The smallest absolute Gasteiger partial charge is 0.00860 e. The highest BCUT2D eigenvalue weighted by Crippen LogP contribution is 2.44. The first kappa shape index (κ1) is 7.97. The predicted octanol–water partition coefficient (Wildman–Crippen LogP) is 0.980. The molecule has 2 atom stereocenters. The third-order valence-electron chi connectivity index (χ3n) is 3.05. The van der Waals surface area contributed by atoms with E-state index in [4.69, 9.17) is 5.73 Å². The standard InChI is InChI=1S/C8H17N2P/c9-7-2-1-3-8(4-7)5-10(11)6-8/h7H,1-6,9,11H2. The molecule has 0 aromatic rings. The number of hydrogen-bond acceptors (Lipinski definition) is 2. The van der Waals surface area contributed by atoms with Crippen molar-refractivity contribution in [3.8, 4) is 0 Å². The zero-order valence-corrected chi connectivity index (χ0v) is 8.08. The topological polar surface area (TPSA) is 29.3 Å². The SMILES string of the molecule is NC1CCCC2(C1)CN(P)C2. The summed E-state index contributed by atoms with van der Waals surface area (Å²) in [5.74, 6) is 0. The molecule has 1 saturated carbocycles. The van der Waals surface area contributed by atoms with Gasteiger partial charge in [0.1, 0.15) is 0 Å². The van der Waals surface area contributed by atoms with E-state index in [2.05, 4.69) is 14.1 Å². The maximum atomic E-state index is 5.94. The lowest BCUT2D eigenvalue weighted by Gasteiger charge is -2.52. The molecule has 1 spiro atoms. The van der Waals surface area contributed by atoms with E-state index in [1.165, 1.54) is 38.8 Å². The molecule has 2 fully saturated rings.